The van der Waals surface area contributed by atoms with E-state index in [0.717, 1.165) is 0 Å². The van der Waals surface area contributed by atoms with Gasteiger partial charge in [0.2, 0.25) is 0 Å². The lowest BCUT2D eigenvalue weighted by atomic mass is 10.0. The number of hydrogen-bond acceptors (Lipinski definition) is 6. The minimum atomic E-state index is -1.82. The largest absolute Gasteiger partial charge is 0.504 e. The van der Waals surface area contributed by atoms with Crippen molar-refractivity contribution in [2.75, 3.05) is 6.61 Å². The number of phenolic OH excluding ortho intramolecular Hbond substituents is 2. The number of carbonyl (C=O) groups excluding carboxylic acids is 1. The lowest BCUT2D eigenvalue weighted by Gasteiger charge is -2.17. The zero-order chi connectivity index (χ0) is 13.0. The first kappa shape index (κ1) is 13.3. The number of aliphatic hydroxyl groups excluding tert-OH is 2. The normalized spacial score (nSPS) is 14.1. The first-order valence-electron chi connectivity index (χ1n) is 5.02. The minimum Gasteiger partial charge on any atom is -0.504 e. The van der Waals surface area contributed by atoms with Crippen LogP contribution in [0.25, 0.3) is 0 Å². The fourth-order valence-corrected chi connectivity index (χ4v) is 1.31. The molecule has 6 nitrogen and oxygen atoms in total. The Morgan fingerprint density at radius 3 is 2.59 bits per heavy atom. The van der Waals surface area contributed by atoms with E-state index in [0.29, 0.717) is 0 Å². The Kier molecular flexibility index (Phi) is 4.30. The lowest BCUT2D eigenvalue weighted by Crippen LogP contribution is -2.29. The number of ether oxygens (including phenoxy) is 1. The third-order valence-corrected chi connectivity index (χ3v) is 2.19. The summed E-state index contributed by atoms with van der Waals surface area (Å²) in [5.74, 6) is -2.02. The molecule has 1 aromatic rings. The smallest absolute Gasteiger partial charge is 0.338 e. The number of esters is 1. The Morgan fingerprint density at radius 1 is 1.35 bits per heavy atom. The number of phenols is 2. The van der Waals surface area contributed by atoms with Crippen LogP contribution in [0.2, 0.25) is 0 Å². The molecule has 94 valence electrons. The van der Waals surface area contributed by atoms with Crippen molar-refractivity contribution in [1.29, 1.82) is 0 Å². The molecule has 1 rings (SSSR count). The highest BCUT2D eigenvalue weighted by Crippen LogP contribution is 2.33. The van der Waals surface area contributed by atoms with Crippen LogP contribution in [0.5, 0.6) is 11.5 Å². The SMILES string of the molecule is CCOC(=O)C(O)C(O)c1cccc(O)c1O. The van der Waals surface area contributed by atoms with Crippen molar-refractivity contribution in [2.45, 2.75) is 19.1 Å². The third-order valence-electron chi connectivity index (χ3n) is 2.19. The molecule has 2 atom stereocenters. The number of aromatic hydroxyl groups is 2. The van der Waals surface area contributed by atoms with Crippen molar-refractivity contribution in [3.63, 3.8) is 0 Å². The molecule has 0 aliphatic heterocycles. The van der Waals surface area contributed by atoms with Gasteiger partial charge in [0.15, 0.2) is 17.6 Å². The van der Waals surface area contributed by atoms with Gasteiger partial charge in [0, 0.05) is 5.56 Å². The molecule has 0 radical (unpaired) electrons. The Labute approximate surface area is 97.7 Å². The number of para-hydroxylation sites is 1. The van der Waals surface area contributed by atoms with Crippen LogP contribution < -0.4 is 0 Å². The summed E-state index contributed by atoms with van der Waals surface area (Å²) in [4.78, 5) is 11.2. The summed E-state index contributed by atoms with van der Waals surface area (Å²) in [5.41, 5.74) is -0.148. The average molecular weight is 242 g/mol. The molecule has 0 aromatic heterocycles. The van der Waals surface area contributed by atoms with E-state index in [1.54, 1.807) is 6.92 Å². The van der Waals surface area contributed by atoms with E-state index in [1.807, 2.05) is 0 Å². The van der Waals surface area contributed by atoms with Crippen LogP contribution in [0.3, 0.4) is 0 Å². The third kappa shape index (κ3) is 2.86. The predicted molar refractivity (Wildman–Crippen MR) is 57.4 cm³/mol. The second kappa shape index (κ2) is 5.51. The molecule has 0 amide bonds. The Morgan fingerprint density at radius 2 is 2.00 bits per heavy atom. The molecule has 17 heavy (non-hydrogen) atoms. The molecular weight excluding hydrogens is 228 g/mol. The van der Waals surface area contributed by atoms with Crippen molar-refractivity contribution in [3.05, 3.63) is 23.8 Å². The van der Waals surface area contributed by atoms with Crippen LogP contribution in [0.15, 0.2) is 18.2 Å². The Bertz CT molecular complexity index is 403. The summed E-state index contributed by atoms with van der Waals surface area (Å²) in [6, 6.07) is 3.86. The first-order valence-corrected chi connectivity index (χ1v) is 5.02. The van der Waals surface area contributed by atoms with Crippen LogP contribution in [0, 0.1) is 0 Å². The number of benzene rings is 1. The van der Waals surface area contributed by atoms with Crippen molar-refractivity contribution in [3.8, 4) is 11.5 Å². The number of rotatable bonds is 4. The summed E-state index contributed by atoms with van der Waals surface area (Å²) in [6.07, 6.45) is -3.48. The zero-order valence-corrected chi connectivity index (χ0v) is 9.20. The fraction of sp³-hybridized carbons (Fsp3) is 0.364. The molecular formula is C11H14O6. The van der Waals surface area contributed by atoms with Crippen molar-refractivity contribution in [2.24, 2.45) is 0 Å². The Hall–Kier alpha value is -1.79. The standard InChI is InChI=1S/C11H14O6/c1-2-17-11(16)10(15)9(14)6-4-3-5-7(12)8(6)13/h3-5,9-10,12-15H,2H2,1H3. The van der Waals surface area contributed by atoms with Crippen molar-refractivity contribution < 1.29 is 30.0 Å². The van der Waals surface area contributed by atoms with Crippen molar-refractivity contribution in [1.82, 2.24) is 0 Å². The Balaban J connectivity index is 2.92. The maximum atomic E-state index is 11.2. The molecule has 0 spiro atoms. The molecule has 6 heteroatoms. The average Bonchev–Trinajstić information content (AvgIpc) is 2.31. The fourth-order valence-electron chi connectivity index (χ4n) is 1.31. The maximum Gasteiger partial charge on any atom is 0.338 e. The maximum absolute atomic E-state index is 11.2. The van der Waals surface area contributed by atoms with Gasteiger partial charge in [-0.1, -0.05) is 12.1 Å². The summed E-state index contributed by atoms with van der Waals surface area (Å²) in [7, 11) is 0. The van der Waals surface area contributed by atoms with Crippen LogP contribution in [-0.4, -0.2) is 39.1 Å². The van der Waals surface area contributed by atoms with E-state index < -0.39 is 29.7 Å². The van der Waals surface area contributed by atoms with Gasteiger partial charge >= 0.3 is 5.97 Å². The zero-order valence-electron chi connectivity index (χ0n) is 9.20. The van der Waals surface area contributed by atoms with Crippen LogP contribution in [0.4, 0.5) is 0 Å². The molecule has 1 aromatic carbocycles. The number of carbonyl (C=O) groups is 1. The van der Waals surface area contributed by atoms with E-state index in [2.05, 4.69) is 4.74 Å². The highest BCUT2D eigenvalue weighted by Gasteiger charge is 2.29. The molecule has 0 saturated carbocycles. The molecule has 0 heterocycles. The van der Waals surface area contributed by atoms with Gasteiger partial charge in [0.05, 0.1) is 6.61 Å². The first-order chi connectivity index (χ1) is 7.99. The summed E-state index contributed by atoms with van der Waals surface area (Å²) >= 11 is 0. The van der Waals surface area contributed by atoms with Gasteiger partial charge in [0.1, 0.15) is 6.10 Å². The van der Waals surface area contributed by atoms with E-state index in [9.17, 15) is 25.2 Å². The highest BCUT2D eigenvalue weighted by atomic mass is 16.5. The van der Waals surface area contributed by atoms with Crippen molar-refractivity contribution >= 4 is 5.97 Å². The van der Waals surface area contributed by atoms with Gasteiger partial charge in [-0.3, -0.25) is 0 Å². The topological polar surface area (TPSA) is 107 Å². The lowest BCUT2D eigenvalue weighted by molar-refractivity contribution is -0.159. The quantitative estimate of drug-likeness (QED) is 0.439. The predicted octanol–water partition coefficient (Wildman–Crippen LogP) is 0.0552. The van der Waals surface area contributed by atoms with Gasteiger partial charge in [-0.05, 0) is 13.0 Å². The monoisotopic (exact) mass is 242 g/mol. The van der Waals surface area contributed by atoms with E-state index in [4.69, 9.17) is 0 Å². The molecule has 0 fully saturated rings. The van der Waals surface area contributed by atoms with Gasteiger partial charge in [-0.15, -0.1) is 0 Å². The molecule has 0 aliphatic carbocycles. The van der Waals surface area contributed by atoms with Gasteiger partial charge in [-0.25, -0.2) is 4.79 Å². The van der Waals surface area contributed by atoms with Gasteiger partial charge in [0.25, 0.3) is 0 Å². The highest BCUT2D eigenvalue weighted by molar-refractivity contribution is 5.75. The van der Waals surface area contributed by atoms with Crippen LogP contribution in [-0.2, 0) is 9.53 Å². The summed E-state index contributed by atoms with van der Waals surface area (Å²) < 4.78 is 4.52. The van der Waals surface area contributed by atoms with E-state index in [1.165, 1.54) is 18.2 Å². The minimum absolute atomic E-state index is 0.0641. The molecule has 2 unspecified atom stereocenters. The molecule has 0 saturated heterocycles. The second-order valence-corrected chi connectivity index (χ2v) is 3.36. The number of aliphatic hydroxyl groups is 2. The number of hydrogen-bond donors (Lipinski definition) is 4. The summed E-state index contributed by atoms with van der Waals surface area (Å²) in [5, 5.41) is 37.8. The second-order valence-electron chi connectivity index (χ2n) is 3.36. The molecule has 0 bridgehead atoms. The van der Waals surface area contributed by atoms with E-state index >= 15 is 0 Å². The summed E-state index contributed by atoms with van der Waals surface area (Å²) in [6.45, 7) is 1.62. The van der Waals surface area contributed by atoms with Gasteiger partial charge in [-0.2, -0.15) is 0 Å². The molecule has 0 aliphatic rings. The molecule has 4 N–H and O–H groups in total. The van der Waals surface area contributed by atoms with Gasteiger partial charge < -0.3 is 25.2 Å². The van der Waals surface area contributed by atoms with Crippen LogP contribution in [0.1, 0.15) is 18.6 Å². The van der Waals surface area contributed by atoms with Crippen LogP contribution >= 0.6 is 0 Å². The van der Waals surface area contributed by atoms with E-state index in [-0.39, 0.29) is 12.2 Å².